The van der Waals surface area contributed by atoms with Crippen molar-refractivity contribution in [2.45, 2.75) is 38.3 Å². The molecule has 1 aliphatic carbocycles. The number of aromatic amines is 1. The van der Waals surface area contributed by atoms with Gasteiger partial charge in [-0.1, -0.05) is 6.08 Å². The van der Waals surface area contributed by atoms with Crippen molar-refractivity contribution in [3.05, 3.63) is 77.1 Å². The highest BCUT2D eigenvalue weighted by molar-refractivity contribution is 7.13. The molecule has 38 heavy (non-hydrogen) atoms. The maximum absolute atomic E-state index is 15.9. The van der Waals surface area contributed by atoms with E-state index >= 15 is 4.39 Å². The van der Waals surface area contributed by atoms with Crippen LogP contribution in [0.4, 0.5) is 10.1 Å². The summed E-state index contributed by atoms with van der Waals surface area (Å²) in [7, 11) is 0. The molecule has 1 aliphatic heterocycles. The zero-order valence-electron chi connectivity index (χ0n) is 20.6. The van der Waals surface area contributed by atoms with Gasteiger partial charge in [0.1, 0.15) is 10.7 Å². The first-order valence-electron chi connectivity index (χ1n) is 12.6. The fourth-order valence-electron chi connectivity index (χ4n) is 4.54. The van der Waals surface area contributed by atoms with Gasteiger partial charge in [0.25, 0.3) is 5.91 Å². The Balaban J connectivity index is 1.26. The van der Waals surface area contributed by atoms with Crippen molar-refractivity contribution >= 4 is 28.5 Å². The van der Waals surface area contributed by atoms with E-state index in [4.69, 9.17) is 4.74 Å². The lowest BCUT2D eigenvalue weighted by molar-refractivity contribution is 0.102. The molecule has 0 spiro atoms. The topological polar surface area (TPSA) is 109 Å². The van der Waals surface area contributed by atoms with Crippen LogP contribution in [0.3, 0.4) is 0 Å². The van der Waals surface area contributed by atoms with Crippen LogP contribution in [0.5, 0.6) is 5.75 Å². The lowest BCUT2D eigenvalue weighted by atomic mass is 9.95. The highest BCUT2D eigenvalue weighted by atomic mass is 32.1. The monoisotopic (exact) mass is 531 g/mol. The van der Waals surface area contributed by atoms with Crippen LogP contribution in [0.2, 0.25) is 0 Å². The van der Waals surface area contributed by atoms with Crippen molar-refractivity contribution in [1.29, 1.82) is 0 Å². The largest absolute Gasteiger partial charge is 0.487 e. The Hall–Kier alpha value is -3.96. The summed E-state index contributed by atoms with van der Waals surface area (Å²) in [6.07, 6.45) is 10.6. The van der Waals surface area contributed by atoms with E-state index in [9.17, 15) is 4.79 Å². The van der Waals surface area contributed by atoms with E-state index in [1.54, 1.807) is 42.2 Å². The summed E-state index contributed by atoms with van der Waals surface area (Å²) in [6.45, 7) is 2.14. The third-order valence-corrected chi connectivity index (χ3v) is 7.73. The number of carbonyl (C=O) groups excluding carboxylic acids is 1. The molecule has 11 heteroatoms. The first-order valence-corrected chi connectivity index (χ1v) is 13.4. The number of ether oxygens (including phenoxy) is 1. The summed E-state index contributed by atoms with van der Waals surface area (Å²) in [5.74, 6) is -0.616. The number of amides is 1. The molecule has 6 rings (SSSR count). The van der Waals surface area contributed by atoms with E-state index < -0.39 is 11.7 Å². The molecule has 0 bridgehead atoms. The van der Waals surface area contributed by atoms with Gasteiger partial charge < -0.3 is 10.1 Å². The Morgan fingerprint density at radius 3 is 2.84 bits per heavy atom. The van der Waals surface area contributed by atoms with E-state index in [2.05, 4.69) is 35.6 Å². The predicted octanol–water partition coefficient (Wildman–Crippen LogP) is 4.94. The number of hydrogen-bond donors (Lipinski definition) is 2. The van der Waals surface area contributed by atoms with Gasteiger partial charge in [0.2, 0.25) is 0 Å². The highest BCUT2D eigenvalue weighted by Crippen LogP contribution is 2.38. The molecule has 3 aromatic heterocycles. The average molecular weight is 532 g/mol. The smallest absolute Gasteiger partial charge is 0.275 e. The van der Waals surface area contributed by atoms with Gasteiger partial charge >= 0.3 is 0 Å². The van der Waals surface area contributed by atoms with Crippen molar-refractivity contribution in [1.82, 2.24) is 30.3 Å². The summed E-state index contributed by atoms with van der Waals surface area (Å²) >= 11 is 1.34. The summed E-state index contributed by atoms with van der Waals surface area (Å²) in [6, 6.07) is 7.06. The number of H-pyrrole nitrogens is 1. The minimum atomic E-state index is -0.440. The maximum atomic E-state index is 15.9. The Morgan fingerprint density at radius 1 is 1.21 bits per heavy atom. The summed E-state index contributed by atoms with van der Waals surface area (Å²) < 4.78 is 21.9. The van der Waals surface area contributed by atoms with Crippen molar-refractivity contribution in [3.63, 3.8) is 0 Å². The number of nitrogens with zero attached hydrogens (tertiary/aromatic N) is 5. The molecule has 4 aromatic rings. The molecule has 1 fully saturated rings. The van der Waals surface area contributed by atoms with Crippen molar-refractivity contribution < 1.29 is 13.9 Å². The number of rotatable bonds is 8. The number of benzene rings is 1. The van der Waals surface area contributed by atoms with Gasteiger partial charge in [-0.05, 0) is 55.5 Å². The molecule has 0 unspecified atom stereocenters. The quantitative estimate of drug-likeness (QED) is 0.332. The lowest BCUT2D eigenvalue weighted by Crippen LogP contribution is -2.29. The molecule has 1 saturated carbocycles. The fourth-order valence-corrected chi connectivity index (χ4v) is 5.33. The first-order chi connectivity index (χ1) is 18.6. The van der Waals surface area contributed by atoms with Gasteiger partial charge in [-0.2, -0.15) is 15.3 Å². The minimum absolute atomic E-state index is 0.0409. The summed E-state index contributed by atoms with van der Waals surface area (Å²) in [5.41, 5.74) is 3.69. The van der Waals surface area contributed by atoms with Crippen LogP contribution >= 0.6 is 11.3 Å². The van der Waals surface area contributed by atoms with Crippen LogP contribution in [0, 0.1) is 5.82 Å². The van der Waals surface area contributed by atoms with Crippen LogP contribution in [-0.2, 0) is 6.54 Å². The Bertz CT molecular complexity index is 1450. The van der Waals surface area contributed by atoms with Crippen LogP contribution in [0.1, 0.15) is 47.4 Å². The van der Waals surface area contributed by atoms with Gasteiger partial charge in [0.15, 0.2) is 11.6 Å². The second kappa shape index (κ2) is 10.8. The van der Waals surface area contributed by atoms with Crippen LogP contribution in [-0.4, -0.2) is 55.4 Å². The molecular formula is C27H26FN7O2S. The Labute approximate surface area is 222 Å². The second-order valence-electron chi connectivity index (χ2n) is 9.39. The van der Waals surface area contributed by atoms with E-state index in [1.807, 2.05) is 12.1 Å². The number of carbonyl (C=O) groups is 1. The highest BCUT2D eigenvalue weighted by Gasteiger charge is 2.26. The van der Waals surface area contributed by atoms with E-state index in [-0.39, 0.29) is 17.5 Å². The van der Waals surface area contributed by atoms with Crippen molar-refractivity contribution in [2.75, 3.05) is 18.4 Å². The third kappa shape index (κ3) is 5.20. The van der Waals surface area contributed by atoms with Gasteiger partial charge in [0.05, 0.1) is 24.2 Å². The second-order valence-corrected chi connectivity index (χ2v) is 10.2. The van der Waals surface area contributed by atoms with Crippen LogP contribution in [0.25, 0.3) is 16.1 Å². The molecule has 0 saturated heterocycles. The molecular weight excluding hydrogens is 505 g/mol. The molecule has 194 valence electrons. The predicted molar refractivity (Wildman–Crippen MR) is 142 cm³/mol. The zero-order chi connectivity index (χ0) is 25.9. The van der Waals surface area contributed by atoms with E-state index in [0.717, 1.165) is 49.2 Å². The van der Waals surface area contributed by atoms with E-state index in [1.165, 1.54) is 11.3 Å². The number of thiazole rings is 1. The molecule has 9 nitrogen and oxygen atoms in total. The standard InChI is InChI=1S/C27H26FN7O2S/c28-25-23(37-20-2-1-3-20)5-4-21(24(25)17-8-12-35(13-9-17)15-19-7-11-30-34-19)32-26(36)22-16-38-27(33-22)18-6-10-29-31-14-18/h4-8,10-11,14,16,20H,1-3,9,12-13,15H2,(H,30,34)(H,32,36). The molecule has 0 atom stereocenters. The van der Waals surface area contributed by atoms with Gasteiger partial charge in [-0.3, -0.25) is 14.8 Å². The number of aromatic nitrogens is 5. The SMILES string of the molecule is O=C(Nc1ccc(OC2CCC2)c(F)c1C1=CCN(Cc2ccn[nH]2)CC1)c1csc(-c2ccnnc2)n1. The normalized spacial score (nSPS) is 16.1. The molecule has 2 N–H and O–H groups in total. The molecule has 0 radical (unpaired) electrons. The molecule has 1 amide bonds. The minimum Gasteiger partial charge on any atom is -0.487 e. The Kier molecular flexibility index (Phi) is 6.93. The zero-order valence-corrected chi connectivity index (χ0v) is 21.4. The van der Waals surface area contributed by atoms with E-state index in [0.29, 0.717) is 29.2 Å². The third-order valence-electron chi connectivity index (χ3n) is 6.84. The number of halogens is 1. The molecule has 4 heterocycles. The Morgan fingerprint density at radius 2 is 2.13 bits per heavy atom. The first kappa shape index (κ1) is 24.4. The van der Waals surface area contributed by atoms with Crippen molar-refractivity contribution in [2.24, 2.45) is 0 Å². The van der Waals surface area contributed by atoms with Crippen LogP contribution in [0.15, 0.2) is 54.3 Å². The number of anilines is 1. The molecule has 2 aliphatic rings. The van der Waals surface area contributed by atoms with Gasteiger partial charge in [0, 0.05) is 48.0 Å². The van der Waals surface area contributed by atoms with Crippen molar-refractivity contribution in [3.8, 4) is 16.3 Å². The van der Waals surface area contributed by atoms with Gasteiger partial charge in [-0.25, -0.2) is 9.37 Å². The average Bonchev–Trinajstić information content (AvgIpc) is 3.61. The molecule has 1 aromatic carbocycles. The number of nitrogens with one attached hydrogen (secondary N) is 2. The lowest BCUT2D eigenvalue weighted by Gasteiger charge is -2.29. The summed E-state index contributed by atoms with van der Waals surface area (Å²) in [5, 5.41) is 19.9. The fraction of sp³-hybridized carbons (Fsp3) is 0.296. The maximum Gasteiger partial charge on any atom is 0.275 e. The van der Waals surface area contributed by atoms with Gasteiger partial charge in [-0.15, -0.1) is 11.3 Å². The summed E-state index contributed by atoms with van der Waals surface area (Å²) in [4.78, 5) is 19.9. The van der Waals surface area contributed by atoms with Crippen LogP contribution < -0.4 is 10.1 Å². The number of hydrogen-bond acceptors (Lipinski definition) is 8.